The maximum atomic E-state index is 4.74. The third-order valence-electron chi connectivity index (χ3n) is 3.92. The third kappa shape index (κ3) is 2.84. The quantitative estimate of drug-likeness (QED) is 0.626. The van der Waals surface area contributed by atoms with Gasteiger partial charge in [0.25, 0.3) is 0 Å². The van der Waals surface area contributed by atoms with E-state index in [9.17, 15) is 0 Å². The molecule has 0 aliphatic heterocycles. The number of hydrogen-bond acceptors (Lipinski definition) is 3. The van der Waals surface area contributed by atoms with Crippen molar-refractivity contribution in [2.45, 2.75) is 13.3 Å². The molecule has 0 aliphatic rings. The Bertz CT molecular complexity index is 953. The van der Waals surface area contributed by atoms with Crippen molar-refractivity contribution >= 4 is 0 Å². The third-order valence-corrected chi connectivity index (χ3v) is 3.92. The summed E-state index contributed by atoms with van der Waals surface area (Å²) in [6.07, 6.45) is 6.15. The number of aryl methyl sites for hydroxylation is 1. The molecule has 0 saturated heterocycles. The van der Waals surface area contributed by atoms with Gasteiger partial charge >= 0.3 is 0 Å². The molecule has 3 aromatic heterocycles. The van der Waals surface area contributed by atoms with E-state index in [0.29, 0.717) is 0 Å². The first-order valence-corrected chi connectivity index (χ1v) is 7.85. The predicted molar refractivity (Wildman–Crippen MR) is 92.9 cm³/mol. The van der Waals surface area contributed by atoms with Crippen LogP contribution in [0.5, 0.6) is 0 Å². The summed E-state index contributed by atoms with van der Waals surface area (Å²) in [7, 11) is 0. The van der Waals surface area contributed by atoms with E-state index in [1.54, 1.807) is 12.4 Å². The molecule has 0 atom stereocenters. The molecule has 118 valence electrons. The fourth-order valence-electron chi connectivity index (χ4n) is 2.75. The molecule has 0 aliphatic carbocycles. The fraction of sp³-hybridized carbons (Fsp3) is 0.105. The molecule has 0 radical (unpaired) electrons. The molecule has 0 saturated carbocycles. The van der Waals surface area contributed by atoms with Gasteiger partial charge in [-0.2, -0.15) is 5.10 Å². The molecule has 0 spiro atoms. The number of aromatic amines is 1. The minimum absolute atomic E-state index is 0.767. The summed E-state index contributed by atoms with van der Waals surface area (Å²) < 4.78 is 1.85. The van der Waals surface area contributed by atoms with Crippen molar-refractivity contribution < 1.29 is 0 Å². The highest BCUT2D eigenvalue weighted by Crippen LogP contribution is 2.18. The molecular formula is C19H17N5. The lowest BCUT2D eigenvalue weighted by molar-refractivity contribution is 0.808. The average molecular weight is 315 g/mol. The van der Waals surface area contributed by atoms with E-state index < -0.39 is 0 Å². The Morgan fingerprint density at radius 1 is 1.04 bits per heavy atom. The van der Waals surface area contributed by atoms with E-state index >= 15 is 0 Å². The van der Waals surface area contributed by atoms with Crippen molar-refractivity contribution in [1.82, 2.24) is 24.7 Å². The summed E-state index contributed by atoms with van der Waals surface area (Å²) in [5.74, 6) is 1.72. The smallest absolute Gasteiger partial charge is 0.153 e. The van der Waals surface area contributed by atoms with Crippen LogP contribution in [-0.2, 0) is 6.42 Å². The van der Waals surface area contributed by atoms with Gasteiger partial charge in [-0.05, 0) is 36.8 Å². The summed E-state index contributed by atoms with van der Waals surface area (Å²) in [5.41, 5.74) is 4.36. The van der Waals surface area contributed by atoms with Crippen LogP contribution in [-0.4, -0.2) is 24.7 Å². The molecule has 3 heterocycles. The first-order valence-electron chi connectivity index (χ1n) is 7.85. The van der Waals surface area contributed by atoms with Gasteiger partial charge in [0, 0.05) is 42.0 Å². The number of rotatable bonds is 4. The highest BCUT2D eigenvalue weighted by molar-refractivity contribution is 5.56. The van der Waals surface area contributed by atoms with Gasteiger partial charge in [0.1, 0.15) is 5.82 Å². The molecule has 24 heavy (non-hydrogen) atoms. The Morgan fingerprint density at radius 3 is 2.75 bits per heavy atom. The molecule has 4 aromatic rings. The van der Waals surface area contributed by atoms with Gasteiger partial charge in [0.15, 0.2) is 5.82 Å². The van der Waals surface area contributed by atoms with E-state index in [2.05, 4.69) is 39.3 Å². The molecular weight excluding hydrogens is 298 g/mol. The zero-order chi connectivity index (χ0) is 16.4. The van der Waals surface area contributed by atoms with Gasteiger partial charge < -0.3 is 4.98 Å². The Balaban J connectivity index is 1.62. The number of H-pyrrole nitrogens is 1. The fourth-order valence-corrected chi connectivity index (χ4v) is 2.75. The Labute approximate surface area is 140 Å². The van der Waals surface area contributed by atoms with Crippen LogP contribution in [0.3, 0.4) is 0 Å². The van der Waals surface area contributed by atoms with Crippen LogP contribution in [0.15, 0.2) is 67.1 Å². The summed E-state index contributed by atoms with van der Waals surface area (Å²) in [6, 6.07) is 16.4. The molecule has 5 heteroatoms. The van der Waals surface area contributed by atoms with Crippen LogP contribution in [0.25, 0.3) is 17.2 Å². The minimum atomic E-state index is 0.767. The van der Waals surface area contributed by atoms with E-state index in [0.717, 1.165) is 35.0 Å². The van der Waals surface area contributed by atoms with Crippen LogP contribution < -0.4 is 0 Å². The highest BCUT2D eigenvalue weighted by atomic mass is 15.3. The standard InChI is InChI=1S/C19H17N5/c1-14-8-9-22-24(14)18-7-3-6-17(23-18)13-15-4-2-5-16(12-15)19-20-10-11-21-19/h2-12H,13H2,1H3,(H,20,21). The first kappa shape index (κ1) is 14.4. The number of aromatic nitrogens is 5. The molecule has 0 fully saturated rings. The second-order valence-electron chi connectivity index (χ2n) is 5.69. The topological polar surface area (TPSA) is 59.4 Å². The second kappa shape index (κ2) is 6.12. The van der Waals surface area contributed by atoms with Crippen molar-refractivity contribution in [2.24, 2.45) is 0 Å². The molecule has 1 aromatic carbocycles. The Morgan fingerprint density at radius 2 is 1.96 bits per heavy atom. The number of imidazole rings is 1. The summed E-state index contributed by atoms with van der Waals surface area (Å²) in [4.78, 5) is 12.2. The van der Waals surface area contributed by atoms with Crippen LogP contribution in [0, 0.1) is 6.92 Å². The maximum absolute atomic E-state index is 4.74. The van der Waals surface area contributed by atoms with Gasteiger partial charge in [-0.3, -0.25) is 0 Å². The maximum Gasteiger partial charge on any atom is 0.153 e. The van der Waals surface area contributed by atoms with Gasteiger partial charge in [-0.1, -0.05) is 24.3 Å². The summed E-state index contributed by atoms with van der Waals surface area (Å²) >= 11 is 0. The van der Waals surface area contributed by atoms with Gasteiger partial charge in [-0.15, -0.1) is 0 Å². The number of nitrogens with one attached hydrogen (secondary N) is 1. The van der Waals surface area contributed by atoms with Crippen molar-refractivity contribution in [3.8, 4) is 17.2 Å². The number of benzene rings is 1. The van der Waals surface area contributed by atoms with Crippen molar-refractivity contribution in [3.05, 3.63) is 84.1 Å². The normalized spacial score (nSPS) is 10.9. The Kier molecular flexibility index (Phi) is 3.67. The lowest BCUT2D eigenvalue weighted by atomic mass is 10.1. The molecule has 0 amide bonds. The second-order valence-corrected chi connectivity index (χ2v) is 5.69. The SMILES string of the molecule is Cc1ccnn1-c1cccc(Cc2cccc(-c3ncc[nH]3)c2)n1. The van der Waals surface area contributed by atoms with E-state index in [4.69, 9.17) is 4.98 Å². The van der Waals surface area contributed by atoms with E-state index in [1.165, 1.54) is 5.56 Å². The van der Waals surface area contributed by atoms with Crippen molar-refractivity contribution in [2.75, 3.05) is 0 Å². The van der Waals surface area contributed by atoms with Gasteiger partial charge in [-0.25, -0.2) is 14.6 Å². The lowest BCUT2D eigenvalue weighted by Crippen LogP contribution is -2.03. The van der Waals surface area contributed by atoms with Crippen molar-refractivity contribution in [3.63, 3.8) is 0 Å². The van der Waals surface area contributed by atoms with E-state index in [-0.39, 0.29) is 0 Å². The monoisotopic (exact) mass is 315 g/mol. The predicted octanol–water partition coefficient (Wildman–Crippen LogP) is 3.56. The molecule has 0 unspecified atom stereocenters. The molecule has 5 nitrogen and oxygen atoms in total. The van der Waals surface area contributed by atoms with Gasteiger partial charge in [0.05, 0.1) is 0 Å². The minimum Gasteiger partial charge on any atom is -0.345 e. The highest BCUT2D eigenvalue weighted by Gasteiger charge is 2.06. The summed E-state index contributed by atoms with van der Waals surface area (Å²) in [6.45, 7) is 2.02. The van der Waals surface area contributed by atoms with Crippen LogP contribution in [0.2, 0.25) is 0 Å². The van der Waals surface area contributed by atoms with Crippen LogP contribution in [0.4, 0.5) is 0 Å². The zero-order valence-electron chi connectivity index (χ0n) is 13.3. The number of nitrogens with zero attached hydrogens (tertiary/aromatic N) is 4. The van der Waals surface area contributed by atoms with Crippen LogP contribution in [0.1, 0.15) is 17.0 Å². The average Bonchev–Trinajstić information content (AvgIpc) is 3.27. The lowest BCUT2D eigenvalue weighted by Gasteiger charge is -2.07. The van der Waals surface area contributed by atoms with Crippen LogP contribution >= 0.6 is 0 Å². The first-order chi connectivity index (χ1) is 11.8. The number of pyridine rings is 1. The largest absolute Gasteiger partial charge is 0.345 e. The number of hydrogen-bond donors (Lipinski definition) is 1. The molecule has 1 N–H and O–H groups in total. The van der Waals surface area contributed by atoms with Crippen molar-refractivity contribution in [1.29, 1.82) is 0 Å². The summed E-state index contributed by atoms with van der Waals surface area (Å²) in [5, 5.41) is 4.32. The zero-order valence-corrected chi connectivity index (χ0v) is 13.3. The Hall–Kier alpha value is -3.21. The molecule has 4 rings (SSSR count). The molecule has 0 bridgehead atoms. The van der Waals surface area contributed by atoms with E-state index in [1.807, 2.05) is 42.1 Å². The van der Waals surface area contributed by atoms with Gasteiger partial charge in [0.2, 0.25) is 0 Å².